The van der Waals surface area contributed by atoms with Crippen LogP contribution in [-0.4, -0.2) is 9.13 Å². The van der Waals surface area contributed by atoms with Gasteiger partial charge in [-0.15, -0.1) is 34.0 Å². The lowest BCUT2D eigenvalue weighted by Gasteiger charge is -1.98. The summed E-state index contributed by atoms with van der Waals surface area (Å²) in [6.45, 7) is 0. The summed E-state index contributed by atoms with van der Waals surface area (Å²) in [6, 6.07) is 4.45. The van der Waals surface area contributed by atoms with Crippen molar-refractivity contribution in [2.24, 2.45) is 14.1 Å². The van der Waals surface area contributed by atoms with Crippen LogP contribution in [0.15, 0.2) is 22.9 Å². The minimum absolute atomic E-state index is 1.36. The van der Waals surface area contributed by atoms with Gasteiger partial charge in [0, 0.05) is 14.1 Å². The van der Waals surface area contributed by atoms with Gasteiger partial charge in [0.25, 0.3) is 0 Å². The molecule has 5 heteroatoms. The average Bonchev–Trinajstić information content (AvgIpc) is 3.12. The van der Waals surface area contributed by atoms with Crippen LogP contribution < -0.4 is 0 Å². The minimum Gasteiger partial charge on any atom is -0.340 e. The Hall–Kier alpha value is -1.30. The number of aromatic nitrogens is 2. The van der Waals surface area contributed by atoms with Gasteiger partial charge in [-0.2, -0.15) is 0 Å². The van der Waals surface area contributed by atoms with Gasteiger partial charge in [-0.25, -0.2) is 0 Å². The Morgan fingerprint density at radius 1 is 0.737 bits per heavy atom. The summed E-state index contributed by atoms with van der Waals surface area (Å²) in [4.78, 5) is 0. The van der Waals surface area contributed by atoms with Crippen LogP contribution in [0, 0.1) is 0 Å². The molecule has 19 heavy (non-hydrogen) atoms. The van der Waals surface area contributed by atoms with E-state index < -0.39 is 0 Å². The molecule has 94 valence electrons. The average molecular weight is 302 g/mol. The summed E-state index contributed by atoms with van der Waals surface area (Å²) in [5.74, 6) is 0. The van der Waals surface area contributed by atoms with Crippen LogP contribution in [0.3, 0.4) is 0 Å². The van der Waals surface area contributed by atoms with Crippen molar-refractivity contribution in [2.75, 3.05) is 0 Å². The van der Waals surface area contributed by atoms with Gasteiger partial charge in [-0.05, 0) is 22.9 Å². The number of aryl methyl sites for hydroxylation is 2. The molecule has 0 N–H and O–H groups in total. The SMILES string of the molecule is Cn1c2ccsc2c2sc3c4sccc4n(C)c3c21. The highest BCUT2D eigenvalue weighted by Crippen LogP contribution is 2.46. The molecule has 5 aromatic heterocycles. The second kappa shape index (κ2) is 3.23. The summed E-state index contributed by atoms with van der Waals surface area (Å²) >= 11 is 5.66. The Balaban J connectivity index is 2.21. The molecule has 0 atom stereocenters. The molecule has 5 heterocycles. The number of thiophene rings is 3. The quantitative estimate of drug-likeness (QED) is 0.374. The smallest absolute Gasteiger partial charge is 0.0855 e. The van der Waals surface area contributed by atoms with E-state index in [1.54, 1.807) is 0 Å². The Kier molecular flexibility index (Phi) is 1.78. The normalized spacial score (nSPS) is 12.7. The Morgan fingerprint density at radius 2 is 1.21 bits per heavy atom. The zero-order valence-corrected chi connectivity index (χ0v) is 12.9. The standard InChI is InChI=1S/C14H10N2S3/c1-15-7-3-5-17-11(7)13-9(15)10-14(19-13)12-8(16(10)2)4-6-18-12/h3-6H,1-2H3. The van der Waals surface area contributed by atoms with Crippen molar-refractivity contribution >= 4 is 74.9 Å². The van der Waals surface area contributed by atoms with Gasteiger partial charge >= 0.3 is 0 Å². The summed E-state index contributed by atoms with van der Waals surface area (Å²) in [7, 11) is 4.37. The maximum atomic E-state index is 2.35. The third kappa shape index (κ3) is 1.05. The maximum Gasteiger partial charge on any atom is 0.0855 e. The van der Waals surface area contributed by atoms with Gasteiger partial charge in [0.15, 0.2) is 0 Å². The van der Waals surface area contributed by atoms with E-state index in [-0.39, 0.29) is 0 Å². The molecule has 0 unspecified atom stereocenters. The maximum absolute atomic E-state index is 2.35. The van der Waals surface area contributed by atoms with E-state index in [2.05, 4.69) is 46.1 Å². The van der Waals surface area contributed by atoms with Gasteiger partial charge < -0.3 is 9.13 Å². The minimum atomic E-state index is 1.36. The lowest BCUT2D eigenvalue weighted by Crippen LogP contribution is -1.90. The highest BCUT2D eigenvalue weighted by atomic mass is 32.1. The molecule has 0 aliphatic rings. The first-order valence-electron chi connectivity index (χ1n) is 6.07. The first-order chi connectivity index (χ1) is 9.27. The fourth-order valence-electron chi connectivity index (χ4n) is 3.06. The molecule has 0 fully saturated rings. The largest absolute Gasteiger partial charge is 0.340 e. The van der Waals surface area contributed by atoms with Crippen LogP contribution in [0.25, 0.3) is 40.9 Å². The molecule has 0 spiro atoms. The highest BCUT2D eigenvalue weighted by molar-refractivity contribution is 7.33. The molecule has 0 amide bonds. The number of rotatable bonds is 0. The van der Waals surface area contributed by atoms with E-state index in [1.807, 2.05) is 34.0 Å². The monoisotopic (exact) mass is 302 g/mol. The summed E-state index contributed by atoms with van der Waals surface area (Å²) < 4.78 is 10.5. The fourth-order valence-corrected chi connectivity index (χ4v) is 6.58. The van der Waals surface area contributed by atoms with Crippen LogP contribution >= 0.6 is 34.0 Å². The van der Waals surface area contributed by atoms with Crippen LogP contribution in [0.5, 0.6) is 0 Å². The van der Waals surface area contributed by atoms with E-state index in [9.17, 15) is 0 Å². The third-order valence-electron chi connectivity index (χ3n) is 3.95. The van der Waals surface area contributed by atoms with Crippen molar-refractivity contribution in [3.63, 3.8) is 0 Å². The molecule has 5 rings (SSSR count). The molecule has 0 saturated heterocycles. The van der Waals surface area contributed by atoms with Crippen LogP contribution in [0.4, 0.5) is 0 Å². The molecule has 2 nitrogen and oxygen atoms in total. The lowest BCUT2D eigenvalue weighted by molar-refractivity contribution is 0.989. The predicted octanol–water partition coefficient (Wildman–Crippen LogP) is 5.16. The molecule has 5 aromatic rings. The van der Waals surface area contributed by atoms with Gasteiger partial charge in [0.1, 0.15) is 0 Å². The molecular weight excluding hydrogens is 292 g/mol. The van der Waals surface area contributed by atoms with Crippen molar-refractivity contribution in [2.45, 2.75) is 0 Å². The van der Waals surface area contributed by atoms with Crippen molar-refractivity contribution in [3.8, 4) is 0 Å². The first kappa shape index (κ1) is 10.5. The topological polar surface area (TPSA) is 9.86 Å². The van der Waals surface area contributed by atoms with Crippen molar-refractivity contribution in [1.82, 2.24) is 9.13 Å². The second-order valence-corrected chi connectivity index (χ2v) is 7.70. The van der Waals surface area contributed by atoms with Crippen LogP contribution in [0.1, 0.15) is 0 Å². The summed E-state index contributed by atoms with van der Waals surface area (Å²) in [5.41, 5.74) is 5.51. The van der Waals surface area contributed by atoms with E-state index in [4.69, 9.17) is 0 Å². The molecule has 0 saturated carbocycles. The van der Waals surface area contributed by atoms with Crippen molar-refractivity contribution < 1.29 is 0 Å². The fraction of sp³-hybridized carbons (Fsp3) is 0.143. The Labute approximate surface area is 121 Å². The number of nitrogens with zero attached hydrogens (tertiary/aromatic N) is 2. The number of hydrogen-bond acceptors (Lipinski definition) is 3. The summed E-state index contributed by atoms with van der Waals surface area (Å²) in [6.07, 6.45) is 0. The number of fused-ring (bicyclic) bond motifs is 7. The zero-order valence-electron chi connectivity index (χ0n) is 10.4. The van der Waals surface area contributed by atoms with Gasteiger partial charge in [-0.3, -0.25) is 0 Å². The first-order valence-corrected chi connectivity index (χ1v) is 8.65. The van der Waals surface area contributed by atoms with E-state index in [0.717, 1.165) is 0 Å². The van der Waals surface area contributed by atoms with Crippen molar-refractivity contribution in [3.05, 3.63) is 22.9 Å². The second-order valence-electron chi connectivity index (χ2n) is 4.85. The molecule has 0 radical (unpaired) electrons. The van der Waals surface area contributed by atoms with Crippen LogP contribution in [-0.2, 0) is 14.1 Å². The van der Waals surface area contributed by atoms with Gasteiger partial charge in [0.05, 0.1) is 40.9 Å². The van der Waals surface area contributed by atoms with Gasteiger partial charge in [0.2, 0.25) is 0 Å². The molecule has 0 aliphatic heterocycles. The summed E-state index contributed by atoms with van der Waals surface area (Å²) in [5, 5.41) is 4.38. The molecule has 0 aromatic carbocycles. The molecular formula is C14H10N2S3. The predicted molar refractivity (Wildman–Crippen MR) is 88.0 cm³/mol. The number of hydrogen-bond donors (Lipinski definition) is 0. The van der Waals surface area contributed by atoms with E-state index in [1.165, 1.54) is 40.9 Å². The Morgan fingerprint density at radius 3 is 1.68 bits per heavy atom. The van der Waals surface area contributed by atoms with E-state index >= 15 is 0 Å². The van der Waals surface area contributed by atoms with E-state index in [0.29, 0.717) is 0 Å². The third-order valence-corrected chi connectivity index (χ3v) is 7.26. The Bertz CT molecular complexity index is 995. The lowest BCUT2D eigenvalue weighted by atomic mass is 10.4. The highest BCUT2D eigenvalue weighted by Gasteiger charge is 2.20. The molecule has 0 aliphatic carbocycles. The van der Waals surface area contributed by atoms with Crippen LogP contribution in [0.2, 0.25) is 0 Å². The van der Waals surface area contributed by atoms with Gasteiger partial charge in [-0.1, -0.05) is 0 Å². The van der Waals surface area contributed by atoms with Crippen molar-refractivity contribution in [1.29, 1.82) is 0 Å². The zero-order chi connectivity index (χ0) is 12.7. The molecule has 0 bridgehead atoms.